The highest BCUT2D eigenvalue weighted by molar-refractivity contribution is 5.33. The normalized spacial score (nSPS) is 11.1. The van der Waals surface area contributed by atoms with Gasteiger partial charge in [-0.1, -0.05) is 0 Å². The SMILES string of the molecule is O=[N+]([O-])c1cncc(OC(F)(F)F)c1. The summed E-state index contributed by atoms with van der Waals surface area (Å²) in [7, 11) is 0. The van der Waals surface area contributed by atoms with Gasteiger partial charge in [-0.3, -0.25) is 15.1 Å². The second kappa shape index (κ2) is 3.48. The maximum absolute atomic E-state index is 11.7. The van der Waals surface area contributed by atoms with Gasteiger partial charge >= 0.3 is 6.36 Å². The van der Waals surface area contributed by atoms with Crippen LogP contribution in [0.5, 0.6) is 5.75 Å². The Bertz CT molecular complexity index is 352. The van der Waals surface area contributed by atoms with E-state index in [1.807, 2.05) is 0 Å². The lowest BCUT2D eigenvalue weighted by Crippen LogP contribution is -2.17. The molecule has 0 radical (unpaired) electrons. The van der Waals surface area contributed by atoms with Crippen LogP contribution < -0.4 is 4.74 Å². The fourth-order valence-corrected chi connectivity index (χ4v) is 0.697. The Balaban J connectivity index is 2.89. The standard InChI is InChI=1S/C6H3F3N2O3/c7-6(8,9)14-5-1-4(11(12)13)2-10-3-5/h1-3H. The third kappa shape index (κ3) is 2.88. The number of halogens is 3. The molecule has 0 N–H and O–H groups in total. The first-order chi connectivity index (χ1) is 6.38. The minimum Gasteiger partial charge on any atom is -0.404 e. The molecule has 0 fully saturated rings. The molecule has 1 aromatic heterocycles. The molecular formula is C6H3F3N2O3. The van der Waals surface area contributed by atoms with Crippen LogP contribution in [0.4, 0.5) is 18.9 Å². The minimum absolute atomic E-state index is 0.563. The Morgan fingerprint density at radius 2 is 2.07 bits per heavy atom. The van der Waals surface area contributed by atoms with Crippen LogP contribution in [0.3, 0.4) is 0 Å². The fourth-order valence-electron chi connectivity index (χ4n) is 0.697. The van der Waals surface area contributed by atoms with Crippen LogP contribution in [-0.4, -0.2) is 16.3 Å². The third-order valence-corrected chi connectivity index (χ3v) is 1.14. The molecule has 5 nitrogen and oxygen atoms in total. The van der Waals surface area contributed by atoms with Gasteiger partial charge in [0.25, 0.3) is 5.69 Å². The molecule has 1 rings (SSSR count). The Morgan fingerprint density at radius 1 is 1.43 bits per heavy atom. The number of alkyl halides is 3. The van der Waals surface area contributed by atoms with Gasteiger partial charge in [0.15, 0.2) is 5.75 Å². The van der Waals surface area contributed by atoms with Gasteiger partial charge in [-0.15, -0.1) is 13.2 Å². The zero-order valence-corrected chi connectivity index (χ0v) is 6.49. The van der Waals surface area contributed by atoms with Gasteiger partial charge in [0.2, 0.25) is 0 Å². The Kier molecular flexibility index (Phi) is 2.54. The summed E-state index contributed by atoms with van der Waals surface area (Å²) in [6.45, 7) is 0. The predicted octanol–water partition coefficient (Wildman–Crippen LogP) is 1.89. The second-order valence-electron chi connectivity index (χ2n) is 2.18. The smallest absolute Gasteiger partial charge is 0.404 e. The summed E-state index contributed by atoms with van der Waals surface area (Å²) >= 11 is 0. The number of aromatic nitrogens is 1. The summed E-state index contributed by atoms with van der Waals surface area (Å²) in [6.07, 6.45) is -3.32. The summed E-state index contributed by atoms with van der Waals surface area (Å²) in [5.74, 6) is -0.716. The number of rotatable bonds is 2. The van der Waals surface area contributed by atoms with Gasteiger partial charge < -0.3 is 4.74 Å². The second-order valence-corrected chi connectivity index (χ2v) is 2.18. The summed E-state index contributed by atoms with van der Waals surface area (Å²) in [4.78, 5) is 12.5. The van der Waals surface area contributed by atoms with Crippen molar-refractivity contribution in [2.45, 2.75) is 6.36 Å². The first-order valence-electron chi connectivity index (χ1n) is 3.24. The van der Waals surface area contributed by atoms with E-state index < -0.39 is 22.7 Å². The quantitative estimate of drug-likeness (QED) is 0.549. The Hall–Kier alpha value is -1.86. The van der Waals surface area contributed by atoms with Gasteiger partial charge in [0.1, 0.15) is 6.20 Å². The van der Waals surface area contributed by atoms with Crippen LogP contribution in [0.25, 0.3) is 0 Å². The molecule has 0 aliphatic heterocycles. The molecule has 0 unspecified atom stereocenters. The lowest BCUT2D eigenvalue weighted by Gasteiger charge is -2.07. The van der Waals surface area contributed by atoms with E-state index in [2.05, 4.69) is 9.72 Å². The van der Waals surface area contributed by atoms with Crippen LogP contribution in [0.15, 0.2) is 18.5 Å². The van der Waals surface area contributed by atoms with Gasteiger partial charge in [-0.25, -0.2) is 0 Å². The van der Waals surface area contributed by atoms with Crippen LogP contribution in [0.2, 0.25) is 0 Å². The molecule has 1 heterocycles. The predicted molar refractivity (Wildman–Crippen MR) is 37.6 cm³/mol. The molecule has 0 aliphatic rings. The molecule has 0 aliphatic carbocycles. The molecule has 76 valence electrons. The zero-order chi connectivity index (χ0) is 10.8. The number of nitro groups is 1. The minimum atomic E-state index is -4.88. The van der Waals surface area contributed by atoms with Crippen molar-refractivity contribution in [3.8, 4) is 5.75 Å². The molecule has 0 spiro atoms. The number of hydrogen-bond donors (Lipinski definition) is 0. The molecule has 0 bridgehead atoms. The van der Waals surface area contributed by atoms with Crippen LogP contribution in [-0.2, 0) is 0 Å². The maximum atomic E-state index is 11.7. The van der Waals surface area contributed by atoms with Crippen LogP contribution in [0.1, 0.15) is 0 Å². The molecule has 0 aromatic carbocycles. The maximum Gasteiger partial charge on any atom is 0.573 e. The summed E-state index contributed by atoms with van der Waals surface area (Å²) in [5, 5.41) is 10.1. The van der Waals surface area contributed by atoms with E-state index in [0.717, 1.165) is 12.4 Å². The van der Waals surface area contributed by atoms with Crippen molar-refractivity contribution in [1.29, 1.82) is 0 Å². The number of nitrogens with zero attached hydrogens (tertiary/aromatic N) is 2. The highest BCUT2D eigenvalue weighted by atomic mass is 19.4. The van der Waals surface area contributed by atoms with Gasteiger partial charge in [-0.05, 0) is 0 Å². The van der Waals surface area contributed by atoms with E-state index >= 15 is 0 Å². The van der Waals surface area contributed by atoms with E-state index in [-0.39, 0.29) is 0 Å². The Morgan fingerprint density at radius 3 is 2.57 bits per heavy atom. The summed E-state index contributed by atoms with van der Waals surface area (Å²) < 4.78 is 38.4. The highest BCUT2D eigenvalue weighted by Crippen LogP contribution is 2.24. The van der Waals surface area contributed by atoms with Gasteiger partial charge in [0, 0.05) is 0 Å². The molecule has 8 heteroatoms. The molecule has 0 amide bonds. The van der Waals surface area contributed by atoms with Crippen LogP contribution >= 0.6 is 0 Å². The van der Waals surface area contributed by atoms with Gasteiger partial charge in [0.05, 0.1) is 17.2 Å². The van der Waals surface area contributed by atoms with Crippen molar-refractivity contribution in [1.82, 2.24) is 4.98 Å². The first-order valence-corrected chi connectivity index (χ1v) is 3.24. The van der Waals surface area contributed by atoms with Crippen molar-refractivity contribution in [3.63, 3.8) is 0 Å². The molecule has 0 atom stereocenters. The van der Waals surface area contributed by atoms with Crippen molar-refractivity contribution in [3.05, 3.63) is 28.6 Å². The van der Waals surface area contributed by atoms with Crippen molar-refractivity contribution in [2.75, 3.05) is 0 Å². The number of ether oxygens (including phenoxy) is 1. The Labute approximate surface area is 75.3 Å². The van der Waals surface area contributed by atoms with Crippen LogP contribution in [0, 0.1) is 10.1 Å². The third-order valence-electron chi connectivity index (χ3n) is 1.14. The van der Waals surface area contributed by atoms with E-state index in [1.54, 1.807) is 0 Å². The van der Waals surface area contributed by atoms with E-state index in [4.69, 9.17) is 0 Å². The highest BCUT2D eigenvalue weighted by Gasteiger charge is 2.31. The van der Waals surface area contributed by atoms with E-state index in [1.165, 1.54) is 0 Å². The average molecular weight is 208 g/mol. The van der Waals surface area contributed by atoms with E-state index in [9.17, 15) is 23.3 Å². The van der Waals surface area contributed by atoms with Crippen molar-refractivity contribution >= 4 is 5.69 Å². The van der Waals surface area contributed by atoms with Gasteiger partial charge in [-0.2, -0.15) is 0 Å². The topological polar surface area (TPSA) is 65.3 Å². The van der Waals surface area contributed by atoms with E-state index in [0.29, 0.717) is 6.07 Å². The summed E-state index contributed by atoms with van der Waals surface area (Å²) in [6, 6.07) is 0.639. The monoisotopic (exact) mass is 208 g/mol. The number of pyridine rings is 1. The average Bonchev–Trinajstić information content (AvgIpc) is 2.01. The molecule has 0 saturated heterocycles. The molecule has 14 heavy (non-hydrogen) atoms. The lowest BCUT2D eigenvalue weighted by molar-refractivity contribution is -0.385. The first kappa shape index (κ1) is 10.2. The molecular weight excluding hydrogens is 205 g/mol. The van der Waals surface area contributed by atoms with Crippen molar-refractivity contribution in [2.24, 2.45) is 0 Å². The summed E-state index contributed by atoms with van der Waals surface area (Å²) in [5.41, 5.74) is -0.563. The zero-order valence-electron chi connectivity index (χ0n) is 6.49. The van der Waals surface area contributed by atoms with Crippen molar-refractivity contribution < 1.29 is 22.8 Å². The molecule has 0 saturated carbocycles. The number of hydrogen-bond acceptors (Lipinski definition) is 4. The largest absolute Gasteiger partial charge is 0.573 e. The lowest BCUT2D eigenvalue weighted by atomic mass is 10.4. The fraction of sp³-hybridized carbons (Fsp3) is 0.167. The molecule has 1 aromatic rings.